The summed E-state index contributed by atoms with van der Waals surface area (Å²) in [6.45, 7) is 3.59. The molecule has 0 aliphatic rings. The lowest BCUT2D eigenvalue weighted by Gasteiger charge is -2.08. The van der Waals surface area contributed by atoms with Gasteiger partial charge in [0.1, 0.15) is 18.4 Å². The zero-order valence-electron chi connectivity index (χ0n) is 11.4. The second-order valence-corrected chi connectivity index (χ2v) is 3.90. The molecule has 0 aliphatic heterocycles. The van der Waals surface area contributed by atoms with Crippen molar-refractivity contribution in [3.8, 4) is 11.8 Å². The van der Waals surface area contributed by atoms with Crippen LogP contribution in [0, 0.1) is 11.3 Å². The lowest BCUT2D eigenvalue weighted by molar-refractivity contribution is -0.144. The number of benzene rings is 1. The fourth-order valence-electron chi connectivity index (χ4n) is 1.39. The Hall–Kier alpha value is -2.55. The molecule has 0 unspecified atom stereocenters. The van der Waals surface area contributed by atoms with E-state index in [0.29, 0.717) is 17.9 Å². The Morgan fingerprint density at radius 1 is 1.35 bits per heavy atom. The van der Waals surface area contributed by atoms with Crippen LogP contribution >= 0.6 is 0 Å². The van der Waals surface area contributed by atoms with Crippen LogP contribution < -0.4 is 10.1 Å². The Morgan fingerprint density at radius 3 is 2.55 bits per heavy atom. The molecule has 106 valence electrons. The van der Waals surface area contributed by atoms with Gasteiger partial charge in [-0.3, -0.25) is 9.59 Å². The van der Waals surface area contributed by atoms with Gasteiger partial charge in [-0.15, -0.1) is 0 Å². The molecule has 0 heterocycles. The number of esters is 1. The number of nitrogens with zero attached hydrogens (tertiary/aromatic N) is 1. The van der Waals surface area contributed by atoms with Crippen molar-refractivity contribution < 1.29 is 19.1 Å². The van der Waals surface area contributed by atoms with Gasteiger partial charge in [0.05, 0.1) is 6.61 Å². The summed E-state index contributed by atoms with van der Waals surface area (Å²) in [4.78, 5) is 23.0. The third-order valence-corrected chi connectivity index (χ3v) is 2.31. The zero-order chi connectivity index (χ0) is 15.0. The van der Waals surface area contributed by atoms with Crippen LogP contribution in [-0.4, -0.2) is 31.1 Å². The van der Waals surface area contributed by atoms with Crippen LogP contribution in [0.4, 0.5) is 0 Å². The van der Waals surface area contributed by atoms with Crippen molar-refractivity contribution >= 4 is 11.9 Å². The number of carbonyl (C=O) groups is 2. The minimum atomic E-state index is -0.829. The third kappa shape index (κ3) is 4.98. The maximum absolute atomic E-state index is 11.7. The Labute approximate surface area is 117 Å². The Balaban J connectivity index is 2.46. The Kier molecular flexibility index (Phi) is 6.04. The maximum Gasteiger partial charge on any atom is 0.326 e. The number of nitrogens with one attached hydrogen (secondary N) is 1. The predicted octanol–water partition coefficient (Wildman–Crippen LogP) is 1.27. The molecule has 20 heavy (non-hydrogen) atoms. The highest BCUT2D eigenvalue weighted by Gasteiger charge is 2.11. The zero-order valence-corrected chi connectivity index (χ0v) is 11.4. The highest BCUT2D eigenvalue weighted by atomic mass is 16.5. The van der Waals surface area contributed by atoms with E-state index in [1.807, 2.05) is 6.92 Å². The van der Waals surface area contributed by atoms with E-state index in [4.69, 9.17) is 14.7 Å². The van der Waals surface area contributed by atoms with Crippen LogP contribution in [0.25, 0.3) is 0 Å². The van der Waals surface area contributed by atoms with E-state index in [0.717, 1.165) is 0 Å². The number of hydrogen-bond acceptors (Lipinski definition) is 5. The van der Waals surface area contributed by atoms with Gasteiger partial charge in [-0.2, -0.15) is 5.26 Å². The number of amides is 1. The molecule has 0 radical (unpaired) electrons. The molecule has 0 saturated carbocycles. The smallest absolute Gasteiger partial charge is 0.326 e. The standard InChI is InChI=1S/C14H16N2O4/c1-3-19-12-6-4-11(5-7-12)14(18)16-9-13(17)20-10(2)8-15/h4-7,10H,3,9H2,1-2H3,(H,16,18)/t10-/m1/s1. The van der Waals surface area contributed by atoms with Gasteiger partial charge in [0, 0.05) is 5.56 Å². The summed E-state index contributed by atoms with van der Waals surface area (Å²) in [6.07, 6.45) is -0.829. The van der Waals surface area contributed by atoms with Gasteiger partial charge in [0.2, 0.25) is 0 Å². The molecule has 1 rings (SSSR count). The van der Waals surface area contributed by atoms with Crippen LogP contribution in [0.5, 0.6) is 5.75 Å². The first-order chi connectivity index (χ1) is 9.56. The largest absolute Gasteiger partial charge is 0.494 e. The van der Waals surface area contributed by atoms with Crippen LogP contribution in [-0.2, 0) is 9.53 Å². The monoisotopic (exact) mass is 276 g/mol. The molecule has 1 aromatic rings. The first-order valence-corrected chi connectivity index (χ1v) is 6.17. The molecule has 0 aliphatic carbocycles. The summed E-state index contributed by atoms with van der Waals surface area (Å²) in [5, 5.41) is 10.9. The van der Waals surface area contributed by atoms with E-state index in [1.165, 1.54) is 6.92 Å². The predicted molar refractivity (Wildman–Crippen MR) is 71.1 cm³/mol. The Morgan fingerprint density at radius 2 is 2.00 bits per heavy atom. The van der Waals surface area contributed by atoms with Crippen molar-refractivity contribution in [3.63, 3.8) is 0 Å². The van der Waals surface area contributed by atoms with E-state index in [-0.39, 0.29) is 6.54 Å². The lowest BCUT2D eigenvalue weighted by Crippen LogP contribution is -2.31. The van der Waals surface area contributed by atoms with E-state index in [1.54, 1.807) is 30.3 Å². The van der Waals surface area contributed by atoms with Gasteiger partial charge >= 0.3 is 5.97 Å². The number of rotatable bonds is 6. The molecular formula is C14H16N2O4. The number of carbonyl (C=O) groups excluding carboxylic acids is 2. The number of hydrogen-bond donors (Lipinski definition) is 1. The SMILES string of the molecule is CCOc1ccc(C(=O)NCC(=O)O[C@H](C)C#N)cc1. The molecule has 1 N–H and O–H groups in total. The van der Waals surface area contributed by atoms with Crippen LogP contribution in [0.15, 0.2) is 24.3 Å². The molecule has 0 fully saturated rings. The summed E-state index contributed by atoms with van der Waals surface area (Å²) < 4.78 is 9.96. The quantitative estimate of drug-likeness (QED) is 0.790. The Bertz CT molecular complexity index is 505. The average molecular weight is 276 g/mol. The summed E-state index contributed by atoms with van der Waals surface area (Å²) in [6, 6.07) is 8.32. The molecule has 0 saturated heterocycles. The van der Waals surface area contributed by atoms with E-state index in [9.17, 15) is 9.59 Å². The van der Waals surface area contributed by atoms with Crippen molar-refractivity contribution in [3.05, 3.63) is 29.8 Å². The second-order valence-electron chi connectivity index (χ2n) is 3.90. The highest BCUT2D eigenvalue weighted by Crippen LogP contribution is 2.11. The molecule has 1 aromatic carbocycles. The van der Waals surface area contributed by atoms with Gasteiger partial charge in [-0.05, 0) is 38.1 Å². The lowest BCUT2D eigenvalue weighted by atomic mass is 10.2. The van der Waals surface area contributed by atoms with E-state index < -0.39 is 18.0 Å². The topological polar surface area (TPSA) is 88.4 Å². The molecule has 6 heteroatoms. The van der Waals surface area contributed by atoms with Gasteiger partial charge in [0.25, 0.3) is 5.91 Å². The molecular weight excluding hydrogens is 260 g/mol. The third-order valence-electron chi connectivity index (χ3n) is 2.31. The van der Waals surface area contributed by atoms with Gasteiger partial charge in [0.15, 0.2) is 6.10 Å². The van der Waals surface area contributed by atoms with Gasteiger partial charge in [-0.25, -0.2) is 0 Å². The molecule has 0 bridgehead atoms. The average Bonchev–Trinajstić information content (AvgIpc) is 2.45. The molecule has 1 atom stereocenters. The van der Waals surface area contributed by atoms with E-state index in [2.05, 4.69) is 5.32 Å². The molecule has 1 amide bonds. The number of nitriles is 1. The summed E-state index contributed by atoms with van der Waals surface area (Å²) in [5.41, 5.74) is 0.412. The molecule has 0 spiro atoms. The second kappa shape index (κ2) is 7.79. The minimum Gasteiger partial charge on any atom is -0.494 e. The van der Waals surface area contributed by atoms with Crippen molar-refractivity contribution in [2.24, 2.45) is 0 Å². The fraction of sp³-hybridized carbons (Fsp3) is 0.357. The van der Waals surface area contributed by atoms with E-state index >= 15 is 0 Å². The number of ether oxygens (including phenoxy) is 2. The first-order valence-electron chi connectivity index (χ1n) is 6.17. The van der Waals surface area contributed by atoms with Gasteiger partial charge < -0.3 is 14.8 Å². The molecule has 0 aromatic heterocycles. The van der Waals surface area contributed by atoms with Crippen LogP contribution in [0.3, 0.4) is 0 Å². The van der Waals surface area contributed by atoms with Crippen LogP contribution in [0.2, 0.25) is 0 Å². The summed E-state index contributed by atoms with van der Waals surface area (Å²) >= 11 is 0. The summed E-state index contributed by atoms with van der Waals surface area (Å²) in [5.74, 6) is -0.376. The van der Waals surface area contributed by atoms with Crippen LogP contribution in [0.1, 0.15) is 24.2 Å². The van der Waals surface area contributed by atoms with Crippen molar-refractivity contribution in [2.45, 2.75) is 20.0 Å². The summed E-state index contributed by atoms with van der Waals surface area (Å²) in [7, 11) is 0. The van der Waals surface area contributed by atoms with Crippen molar-refractivity contribution in [1.82, 2.24) is 5.32 Å². The highest BCUT2D eigenvalue weighted by molar-refractivity contribution is 5.96. The fourth-order valence-corrected chi connectivity index (χ4v) is 1.39. The maximum atomic E-state index is 11.7. The normalized spacial score (nSPS) is 11.1. The first kappa shape index (κ1) is 15.5. The van der Waals surface area contributed by atoms with Crippen molar-refractivity contribution in [2.75, 3.05) is 13.2 Å². The van der Waals surface area contributed by atoms with Gasteiger partial charge in [-0.1, -0.05) is 0 Å². The molecule has 6 nitrogen and oxygen atoms in total. The van der Waals surface area contributed by atoms with Crippen molar-refractivity contribution in [1.29, 1.82) is 5.26 Å². The minimum absolute atomic E-state index is 0.280.